The second-order valence-electron chi connectivity index (χ2n) is 8.91. The number of methoxy groups -OCH3 is 1. The van der Waals surface area contributed by atoms with E-state index in [9.17, 15) is 9.59 Å². The van der Waals surface area contributed by atoms with Crippen LogP contribution in [0.5, 0.6) is 5.75 Å². The first-order chi connectivity index (χ1) is 16.4. The molecule has 2 amide bonds. The molecule has 0 spiro atoms. The minimum absolute atomic E-state index is 0.113. The minimum Gasteiger partial charge on any atom is -0.497 e. The number of nitrogens with two attached hydrogens (primary N) is 1. The van der Waals surface area contributed by atoms with Crippen LogP contribution in [0.15, 0.2) is 54.6 Å². The highest BCUT2D eigenvalue weighted by atomic mass is 16.5. The Labute approximate surface area is 200 Å². The van der Waals surface area contributed by atoms with Crippen molar-refractivity contribution in [2.45, 2.75) is 33.2 Å². The van der Waals surface area contributed by atoms with Crippen molar-refractivity contribution >= 4 is 17.5 Å². The van der Waals surface area contributed by atoms with E-state index in [2.05, 4.69) is 14.8 Å². The van der Waals surface area contributed by atoms with E-state index in [0.717, 1.165) is 53.5 Å². The first-order valence-electron chi connectivity index (χ1n) is 11.6. The number of ether oxygens (including phenoxy) is 1. The van der Waals surface area contributed by atoms with E-state index in [1.54, 1.807) is 7.11 Å². The number of carbonyl (C=O) groups is 2. The van der Waals surface area contributed by atoms with Gasteiger partial charge in [0, 0.05) is 41.9 Å². The molecule has 1 atom stereocenters. The average molecular weight is 461 g/mol. The fraction of sp³-hybridized carbons (Fsp3) is 0.333. The Bertz CT molecular complexity index is 1200. The van der Waals surface area contributed by atoms with Gasteiger partial charge < -0.3 is 20.4 Å². The molecule has 1 aliphatic rings. The van der Waals surface area contributed by atoms with Gasteiger partial charge >= 0.3 is 0 Å². The second-order valence-corrected chi connectivity index (χ2v) is 8.91. The Morgan fingerprint density at radius 3 is 2.68 bits per heavy atom. The van der Waals surface area contributed by atoms with Crippen LogP contribution in [0, 0.1) is 19.8 Å². The molecule has 0 bridgehead atoms. The van der Waals surface area contributed by atoms with Crippen molar-refractivity contribution in [2.75, 3.05) is 25.5 Å². The van der Waals surface area contributed by atoms with Crippen LogP contribution in [-0.2, 0) is 11.3 Å². The van der Waals surface area contributed by atoms with Crippen LogP contribution in [-0.4, -0.2) is 41.5 Å². The second kappa shape index (κ2) is 10.1. The Kier molecular flexibility index (Phi) is 7.03. The van der Waals surface area contributed by atoms with Gasteiger partial charge in [-0.15, -0.1) is 0 Å². The molecule has 3 aromatic rings. The van der Waals surface area contributed by atoms with E-state index in [0.29, 0.717) is 18.7 Å². The first kappa shape index (κ1) is 23.6. The number of hydrogen-bond acceptors (Lipinski definition) is 4. The quantitative estimate of drug-likeness (QED) is 0.557. The molecule has 2 aromatic carbocycles. The van der Waals surface area contributed by atoms with Crippen LogP contribution in [0.2, 0.25) is 0 Å². The Balaban J connectivity index is 1.54. The highest BCUT2D eigenvalue weighted by Crippen LogP contribution is 2.26. The third-order valence-corrected chi connectivity index (χ3v) is 6.55. The van der Waals surface area contributed by atoms with Crippen LogP contribution in [0.4, 0.5) is 5.69 Å². The molecule has 1 aliphatic heterocycles. The van der Waals surface area contributed by atoms with Gasteiger partial charge in [0.25, 0.3) is 5.91 Å². The summed E-state index contributed by atoms with van der Waals surface area (Å²) < 4.78 is 7.42. The van der Waals surface area contributed by atoms with Gasteiger partial charge in [0.05, 0.1) is 18.6 Å². The summed E-state index contributed by atoms with van der Waals surface area (Å²) in [5.74, 6) is 0.264. The standard InChI is InChI=1S/C27H32N4O3/c1-18-14-24(19(2)31(18)22-10-6-11-23(15-22)34-3)27(33)29-25-12-5-4-8-20(25)16-30-13-7-9-21(17-30)26(28)32/h4-6,8,10-12,14-15,21H,7,9,13,16-17H2,1-3H3,(H2,28,32)(H,29,33). The zero-order valence-corrected chi connectivity index (χ0v) is 20.0. The largest absolute Gasteiger partial charge is 0.497 e. The Hall–Kier alpha value is -3.58. The normalized spacial score (nSPS) is 16.3. The molecule has 1 fully saturated rings. The number of anilines is 1. The molecule has 1 saturated heterocycles. The summed E-state index contributed by atoms with van der Waals surface area (Å²) in [5.41, 5.74) is 10.7. The lowest BCUT2D eigenvalue weighted by molar-refractivity contribution is -0.123. The topological polar surface area (TPSA) is 89.6 Å². The minimum atomic E-state index is -0.238. The molecule has 7 heteroatoms. The molecule has 0 radical (unpaired) electrons. The molecular formula is C27H32N4O3. The van der Waals surface area contributed by atoms with Gasteiger partial charge in [-0.1, -0.05) is 24.3 Å². The third kappa shape index (κ3) is 4.99. The summed E-state index contributed by atoms with van der Waals surface area (Å²) in [7, 11) is 1.64. The maximum absolute atomic E-state index is 13.3. The summed E-state index contributed by atoms with van der Waals surface area (Å²) in [4.78, 5) is 27.2. The van der Waals surface area contributed by atoms with Gasteiger partial charge in [-0.2, -0.15) is 0 Å². The van der Waals surface area contributed by atoms with Crippen molar-refractivity contribution in [2.24, 2.45) is 11.7 Å². The van der Waals surface area contributed by atoms with Crippen molar-refractivity contribution in [3.8, 4) is 11.4 Å². The molecule has 1 unspecified atom stereocenters. The van der Waals surface area contributed by atoms with Gasteiger partial charge in [-0.3, -0.25) is 14.5 Å². The number of para-hydroxylation sites is 1. The van der Waals surface area contributed by atoms with Crippen molar-refractivity contribution in [3.63, 3.8) is 0 Å². The van der Waals surface area contributed by atoms with E-state index in [-0.39, 0.29) is 17.7 Å². The Morgan fingerprint density at radius 1 is 1.12 bits per heavy atom. The lowest BCUT2D eigenvalue weighted by Gasteiger charge is -2.31. The van der Waals surface area contributed by atoms with E-state index >= 15 is 0 Å². The smallest absolute Gasteiger partial charge is 0.257 e. The van der Waals surface area contributed by atoms with E-state index in [1.807, 2.05) is 68.4 Å². The van der Waals surface area contributed by atoms with Crippen LogP contribution in [0.1, 0.15) is 40.2 Å². The summed E-state index contributed by atoms with van der Waals surface area (Å²) in [5, 5.41) is 3.11. The summed E-state index contributed by atoms with van der Waals surface area (Å²) >= 11 is 0. The maximum Gasteiger partial charge on any atom is 0.257 e. The number of carbonyl (C=O) groups excluding carboxylic acids is 2. The summed E-state index contributed by atoms with van der Waals surface area (Å²) in [6, 6.07) is 17.5. The molecule has 178 valence electrons. The van der Waals surface area contributed by atoms with Crippen LogP contribution in [0.3, 0.4) is 0 Å². The van der Waals surface area contributed by atoms with Gasteiger partial charge in [-0.05, 0) is 63.1 Å². The van der Waals surface area contributed by atoms with E-state index in [1.165, 1.54) is 0 Å². The van der Waals surface area contributed by atoms with Crippen LogP contribution >= 0.6 is 0 Å². The number of aryl methyl sites for hydroxylation is 1. The number of likely N-dealkylation sites (tertiary alicyclic amines) is 1. The predicted octanol–water partition coefficient (Wildman–Crippen LogP) is 4.05. The number of aromatic nitrogens is 1. The maximum atomic E-state index is 13.3. The lowest BCUT2D eigenvalue weighted by atomic mass is 9.97. The number of nitrogens with zero attached hydrogens (tertiary/aromatic N) is 2. The molecule has 1 aromatic heterocycles. The fourth-order valence-corrected chi connectivity index (χ4v) is 4.78. The molecule has 3 N–H and O–H groups in total. The zero-order chi connectivity index (χ0) is 24.2. The van der Waals surface area contributed by atoms with Gasteiger partial charge in [-0.25, -0.2) is 0 Å². The Morgan fingerprint density at radius 2 is 1.91 bits per heavy atom. The number of primary amides is 1. The van der Waals surface area contributed by atoms with Crippen molar-refractivity contribution in [1.82, 2.24) is 9.47 Å². The predicted molar refractivity (Wildman–Crippen MR) is 133 cm³/mol. The number of benzene rings is 2. The number of nitrogens with one attached hydrogen (secondary N) is 1. The van der Waals surface area contributed by atoms with Gasteiger partial charge in [0.15, 0.2) is 0 Å². The summed E-state index contributed by atoms with van der Waals surface area (Å²) in [6.07, 6.45) is 1.78. The van der Waals surface area contributed by atoms with Gasteiger partial charge in [0.1, 0.15) is 5.75 Å². The van der Waals surface area contributed by atoms with E-state index in [4.69, 9.17) is 10.5 Å². The number of rotatable bonds is 7. The molecule has 2 heterocycles. The third-order valence-electron chi connectivity index (χ3n) is 6.55. The number of piperidine rings is 1. The van der Waals surface area contributed by atoms with Crippen molar-refractivity contribution in [1.29, 1.82) is 0 Å². The SMILES string of the molecule is COc1cccc(-n2c(C)cc(C(=O)Nc3ccccc3CN3CCCC(C(N)=O)C3)c2C)c1. The monoisotopic (exact) mass is 460 g/mol. The van der Waals surface area contributed by atoms with Gasteiger partial charge in [0.2, 0.25) is 5.91 Å². The average Bonchev–Trinajstić information content (AvgIpc) is 3.14. The number of hydrogen-bond donors (Lipinski definition) is 2. The first-order valence-corrected chi connectivity index (χ1v) is 11.6. The molecule has 4 rings (SSSR count). The molecular weight excluding hydrogens is 428 g/mol. The highest BCUT2D eigenvalue weighted by Gasteiger charge is 2.25. The summed E-state index contributed by atoms with van der Waals surface area (Å²) in [6.45, 7) is 6.16. The zero-order valence-electron chi connectivity index (χ0n) is 20.0. The molecule has 0 saturated carbocycles. The lowest BCUT2D eigenvalue weighted by Crippen LogP contribution is -2.40. The van der Waals surface area contributed by atoms with Crippen molar-refractivity contribution in [3.05, 3.63) is 77.1 Å². The fourth-order valence-electron chi connectivity index (χ4n) is 4.78. The van der Waals surface area contributed by atoms with Crippen molar-refractivity contribution < 1.29 is 14.3 Å². The molecule has 0 aliphatic carbocycles. The molecule has 34 heavy (non-hydrogen) atoms. The van der Waals surface area contributed by atoms with E-state index < -0.39 is 0 Å². The van der Waals surface area contributed by atoms with Crippen LogP contribution in [0.25, 0.3) is 5.69 Å². The van der Waals surface area contributed by atoms with Crippen LogP contribution < -0.4 is 15.8 Å². The molecule has 7 nitrogen and oxygen atoms in total. The number of amides is 2. The highest BCUT2D eigenvalue weighted by molar-refractivity contribution is 6.05.